The van der Waals surface area contributed by atoms with Crippen molar-refractivity contribution in [2.75, 3.05) is 23.8 Å². The molecule has 0 aliphatic heterocycles. The molecule has 25 heavy (non-hydrogen) atoms. The van der Waals surface area contributed by atoms with Crippen LogP contribution in [0.25, 0.3) is 10.1 Å². The van der Waals surface area contributed by atoms with Gasteiger partial charge in [-0.2, -0.15) is 0 Å². The molecule has 2 amide bonds. The number of anilines is 2. The number of amides is 2. The lowest BCUT2D eigenvalue weighted by Crippen LogP contribution is -2.27. The summed E-state index contributed by atoms with van der Waals surface area (Å²) >= 11 is 1.15. The van der Waals surface area contributed by atoms with Gasteiger partial charge in [0.1, 0.15) is 5.00 Å². The highest BCUT2D eigenvalue weighted by Gasteiger charge is 2.23. The summed E-state index contributed by atoms with van der Waals surface area (Å²) < 4.78 is 10.0. The fourth-order valence-electron chi connectivity index (χ4n) is 1.97. The van der Waals surface area contributed by atoms with Crippen LogP contribution in [0.5, 0.6) is 0 Å². The first-order valence-electron chi connectivity index (χ1n) is 7.45. The minimum Gasteiger partial charge on any atom is -0.459 e. The van der Waals surface area contributed by atoms with E-state index in [2.05, 4.69) is 20.1 Å². The molecule has 0 atom stereocenters. The predicted octanol–water partition coefficient (Wildman–Crippen LogP) is 1.90. The SMILES string of the molecule is CCOC(=O)C(=O)Nc1sc2ccccc2c1NC(=O)C(=O)OCC. The molecule has 9 heteroatoms. The molecule has 2 N–H and O–H groups in total. The second-order valence-corrected chi connectivity index (χ2v) is 5.70. The number of fused-ring (bicyclic) bond motifs is 1. The van der Waals surface area contributed by atoms with E-state index in [0.29, 0.717) is 5.39 Å². The van der Waals surface area contributed by atoms with Gasteiger partial charge >= 0.3 is 23.8 Å². The highest BCUT2D eigenvalue weighted by Crippen LogP contribution is 2.40. The Morgan fingerprint density at radius 2 is 1.48 bits per heavy atom. The summed E-state index contributed by atoms with van der Waals surface area (Å²) in [5.74, 6) is -4.03. The van der Waals surface area contributed by atoms with Gasteiger partial charge in [-0.3, -0.25) is 9.59 Å². The van der Waals surface area contributed by atoms with Crippen LogP contribution in [0.15, 0.2) is 24.3 Å². The molecule has 0 spiro atoms. The molecule has 1 aromatic heterocycles. The Hall–Kier alpha value is -2.94. The topological polar surface area (TPSA) is 111 Å². The number of benzene rings is 1. The molecule has 0 saturated carbocycles. The van der Waals surface area contributed by atoms with Crippen LogP contribution in [0, 0.1) is 0 Å². The summed E-state index contributed by atoms with van der Waals surface area (Å²) in [6.07, 6.45) is 0. The maximum absolute atomic E-state index is 11.9. The van der Waals surface area contributed by atoms with Gasteiger partial charge in [0, 0.05) is 10.1 Å². The van der Waals surface area contributed by atoms with E-state index in [1.807, 2.05) is 0 Å². The smallest absolute Gasteiger partial charge is 0.397 e. The molecule has 2 aromatic rings. The van der Waals surface area contributed by atoms with Crippen molar-refractivity contribution in [2.45, 2.75) is 13.8 Å². The zero-order valence-electron chi connectivity index (χ0n) is 13.6. The molecule has 0 bridgehead atoms. The molecule has 8 nitrogen and oxygen atoms in total. The van der Waals surface area contributed by atoms with Crippen LogP contribution in [-0.4, -0.2) is 37.0 Å². The number of rotatable bonds is 4. The van der Waals surface area contributed by atoms with Crippen molar-refractivity contribution in [2.24, 2.45) is 0 Å². The van der Waals surface area contributed by atoms with Crippen molar-refractivity contribution in [1.82, 2.24) is 0 Å². The van der Waals surface area contributed by atoms with Crippen LogP contribution in [0.4, 0.5) is 10.7 Å². The summed E-state index contributed by atoms with van der Waals surface area (Å²) in [7, 11) is 0. The Bertz CT molecular complexity index is 829. The van der Waals surface area contributed by atoms with Gasteiger partial charge in [-0.1, -0.05) is 18.2 Å². The van der Waals surface area contributed by atoms with Gasteiger partial charge in [-0.15, -0.1) is 11.3 Å². The number of nitrogens with one attached hydrogen (secondary N) is 2. The summed E-state index contributed by atoms with van der Waals surface area (Å²) in [5, 5.41) is 5.66. The fraction of sp³-hybridized carbons (Fsp3) is 0.250. The Labute approximate surface area is 147 Å². The number of carbonyl (C=O) groups is 4. The Kier molecular flexibility index (Phi) is 6.07. The third-order valence-electron chi connectivity index (χ3n) is 2.98. The average molecular weight is 364 g/mol. The zero-order valence-corrected chi connectivity index (χ0v) is 14.4. The Morgan fingerprint density at radius 3 is 2.08 bits per heavy atom. The van der Waals surface area contributed by atoms with Crippen molar-refractivity contribution in [1.29, 1.82) is 0 Å². The van der Waals surface area contributed by atoms with E-state index in [0.717, 1.165) is 16.0 Å². The van der Waals surface area contributed by atoms with Crippen molar-refractivity contribution in [3.63, 3.8) is 0 Å². The monoisotopic (exact) mass is 364 g/mol. The quantitative estimate of drug-likeness (QED) is 0.633. The first kappa shape index (κ1) is 18.4. The van der Waals surface area contributed by atoms with Gasteiger partial charge < -0.3 is 20.1 Å². The molecule has 132 valence electrons. The minimum absolute atomic E-state index is 0.0586. The van der Waals surface area contributed by atoms with Crippen molar-refractivity contribution in [3.8, 4) is 0 Å². The first-order valence-corrected chi connectivity index (χ1v) is 8.27. The number of carbonyl (C=O) groups excluding carboxylic acids is 4. The van der Waals surface area contributed by atoms with Crippen LogP contribution in [0.2, 0.25) is 0 Å². The highest BCUT2D eigenvalue weighted by molar-refractivity contribution is 7.24. The van der Waals surface area contributed by atoms with Gasteiger partial charge in [0.25, 0.3) is 0 Å². The lowest BCUT2D eigenvalue weighted by Gasteiger charge is -2.08. The van der Waals surface area contributed by atoms with Crippen LogP contribution < -0.4 is 10.6 Å². The van der Waals surface area contributed by atoms with Gasteiger partial charge in [0.05, 0.1) is 18.9 Å². The molecule has 0 aliphatic rings. The third-order valence-corrected chi connectivity index (χ3v) is 4.07. The maximum Gasteiger partial charge on any atom is 0.397 e. The molecule has 0 unspecified atom stereocenters. The van der Waals surface area contributed by atoms with E-state index < -0.39 is 23.8 Å². The predicted molar refractivity (Wildman–Crippen MR) is 92.4 cm³/mol. The number of esters is 2. The van der Waals surface area contributed by atoms with E-state index in [1.54, 1.807) is 38.1 Å². The summed E-state index contributed by atoms with van der Waals surface area (Å²) in [5.41, 5.74) is 0.219. The Balaban J connectivity index is 2.33. The number of thiophene rings is 1. The minimum atomic E-state index is -1.04. The van der Waals surface area contributed by atoms with Crippen molar-refractivity contribution >= 4 is 55.9 Å². The molecular weight excluding hydrogens is 348 g/mol. The number of ether oxygens (including phenoxy) is 2. The number of hydrogen-bond acceptors (Lipinski definition) is 7. The highest BCUT2D eigenvalue weighted by atomic mass is 32.1. The second-order valence-electron chi connectivity index (χ2n) is 4.65. The molecular formula is C16H16N2O6S. The molecule has 1 heterocycles. The molecule has 0 radical (unpaired) electrons. The van der Waals surface area contributed by atoms with E-state index in [-0.39, 0.29) is 23.9 Å². The molecule has 0 fully saturated rings. The van der Waals surface area contributed by atoms with Crippen molar-refractivity contribution in [3.05, 3.63) is 24.3 Å². The largest absolute Gasteiger partial charge is 0.459 e. The maximum atomic E-state index is 11.9. The summed E-state index contributed by atoms with van der Waals surface area (Å²) in [4.78, 5) is 46.8. The standard InChI is InChI=1S/C16H16N2O6S/c1-3-23-15(21)12(19)17-11-9-7-5-6-8-10(9)25-14(11)18-13(20)16(22)24-4-2/h5-8H,3-4H2,1-2H3,(H,17,19)(H,18,20). The van der Waals surface area contributed by atoms with Crippen LogP contribution >= 0.6 is 11.3 Å². The normalized spacial score (nSPS) is 10.2. The van der Waals surface area contributed by atoms with Gasteiger partial charge in [0.15, 0.2) is 0 Å². The lowest BCUT2D eigenvalue weighted by atomic mass is 10.2. The van der Waals surface area contributed by atoms with Crippen molar-refractivity contribution < 1.29 is 28.7 Å². The third kappa shape index (κ3) is 4.32. The van der Waals surface area contributed by atoms with Crippen LogP contribution in [0.3, 0.4) is 0 Å². The Morgan fingerprint density at radius 1 is 0.920 bits per heavy atom. The van der Waals surface area contributed by atoms with Gasteiger partial charge in [-0.25, -0.2) is 9.59 Å². The van der Waals surface area contributed by atoms with Crippen LogP contribution in [0.1, 0.15) is 13.8 Å². The first-order chi connectivity index (χ1) is 12.0. The van der Waals surface area contributed by atoms with Crippen LogP contribution in [-0.2, 0) is 28.7 Å². The average Bonchev–Trinajstić information content (AvgIpc) is 2.92. The molecule has 1 aromatic carbocycles. The summed E-state index contributed by atoms with van der Waals surface area (Å²) in [6, 6.07) is 7.02. The van der Waals surface area contributed by atoms with Gasteiger partial charge in [-0.05, 0) is 19.9 Å². The number of hydrogen-bond donors (Lipinski definition) is 2. The summed E-state index contributed by atoms with van der Waals surface area (Å²) in [6.45, 7) is 3.28. The lowest BCUT2D eigenvalue weighted by molar-refractivity contribution is -0.152. The fourth-order valence-corrected chi connectivity index (χ4v) is 3.02. The molecule has 2 rings (SSSR count). The van der Waals surface area contributed by atoms with E-state index in [9.17, 15) is 19.2 Å². The zero-order chi connectivity index (χ0) is 18.4. The second kappa shape index (κ2) is 8.25. The van der Waals surface area contributed by atoms with E-state index in [1.165, 1.54) is 0 Å². The molecule has 0 saturated heterocycles. The van der Waals surface area contributed by atoms with E-state index in [4.69, 9.17) is 0 Å². The van der Waals surface area contributed by atoms with E-state index >= 15 is 0 Å². The molecule has 0 aliphatic carbocycles. The van der Waals surface area contributed by atoms with Gasteiger partial charge in [0.2, 0.25) is 0 Å².